The van der Waals surface area contributed by atoms with Gasteiger partial charge in [0.05, 0.1) is 0 Å². The Bertz CT molecular complexity index is 390. The second-order valence-corrected chi connectivity index (χ2v) is 6.15. The molecule has 1 heteroatoms. The van der Waals surface area contributed by atoms with Gasteiger partial charge in [0, 0.05) is 6.04 Å². The fourth-order valence-corrected chi connectivity index (χ4v) is 2.98. The largest absolute Gasteiger partial charge is 0.309 e. The summed E-state index contributed by atoms with van der Waals surface area (Å²) < 4.78 is 0. The average molecular weight is 215 g/mol. The summed E-state index contributed by atoms with van der Waals surface area (Å²) >= 11 is 0. The first kappa shape index (κ1) is 10.3. The minimum atomic E-state index is 0.374. The van der Waals surface area contributed by atoms with Gasteiger partial charge in [-0.1, -0.05) is 38.1 Å². The van der Waals surface area contributed by atoms with Crippen molar-refractivity contribution in [2.45, 2.75) is 39.2 Å². The van der Waals surface area contributed by atoms with Gasteiger partial charge in [0.25, 0.3) is 0 Å². The maximum atomic E-state index is 3.79. The van der Waals surface area contributed by atoms with E-state index in [9.17, 15) is 0 Å². The Morgan fingerprint density at radius 3 is 2.75 bits per heavy atom. The van der Waals surface area contributed by atoms with Gasteiger partial charge >= 0.3 is 0 Å². The molecule has 1 unspecified atom stereocenters. The molecule has 0 bridgehead atoms. The van der Waals surface area contributed by atoms with Crippen molar-refractivity contribution in [3.63, 3.8) is 0 Å². The van der Waals surface area contributed by atoms with Gasteiger partial charge in [-0.2, -0.15) is 0 Å². The summed E-state index contributed by atoms with van der Waals surface area (Å²) in [7, 11) is 0. The smallest absolute Gasteiger partial charge is 0.0377 e. The Labute approximate surface area is 98.3 Å². The summed E-state index contributed by atoms with van der Waals surface area (Å²) in [6.45, 7) is 5.98. The monoisotopic (exact) mass is 215 g/mol. The first-order valence-corrected chi connectivity index (χ1v) is 6.48. The molecule has 1 aromatic carbocycles. The zero-order chi connectivity index (χ0) is 11.2. The summed E-state index contributed by atoms with van der Waals surface area (Å²) in [5, 5.41) is 3.79. The molecule has 2 aliphatic carbocycles. The molecule has 1 atom stereocenters. The molecule has 0 aliphatic heterocycles. The molecule has 86 valence electrons. The number of nitrogens with one attached hydrogen (secondary N) is 1. The molecule has 0 radical (unpaired) electrons. The van der Waals surface area contributed by atoms with Crippen LogP contribution in [0.3, 0.4) is 0 Å². The van der Waals surface area contributed by atoms with Crippen molar-refractivity contribution in [2.24, 2.45) is 11.3 Å². The fourth-order valence-electron chi connectivity index (χ4n) is 2.98. The van der Waals surface area contributed by atoms with Gasteiger partial charge in [0.15, 0.2) is 0 Å². The van der Waals surface area contributed by atoms with Crippen LogP contribution >= 0.6 is 0 Å². The molecule has 1 nitrogen and oxygen atoms in total. The van der Waals surface area contributed by atoms with Crippen LogP contribution in [0.15, 0.2) is 24.3 Å². The number of hydrogen-bond donors (Lipinski definition) is 1. The highest BCUT2D eigenvalue weighted by Crippen LogP contribution is 2.45. The third kappa shape index (κ3) is 1.78. The number of hydrogen-bond acceptors (Lipinski definition) is 1. The molecule has 1 saturated carbocycles. The van der Waals surface area contributed by atoms with E-state index in [-0.39, 0.29) is 0 Å². The maximum Gasteiger partial charge on any atom is 0.0377 e. The molecule has 0 aromatic heterocycles. The molecule has 0 saturated heterocycles. The van der Waals surface area contributed by atoms with Crippen LogP contribution in [-0.4, -0.2) is 6.54 Å². The quantitative estimate of drug-likeness (QED) is 0.815. The highest BCUT2D eigenvalue weighted by atomic mass is 14.9. The van der Waals surface area contributed by atoms with Crippen molar-refractivity contribution in [1.29, 1.82) is 0 Å². The van der Waals surface area contributed by atoms with E-state index in [0.717, 1.165) is 5.92 Å². The van der Waals surface area contributed by atoms with Crippen LogP contribution in [0.2, 0.25) is 0 Å². The van der Waals surface area contributed by atoms with Crippen LogP contribution in [0.25, 0.3) is 0 Å². The van der Waals surface area contributed by atoms with Crippen LogP contribution < -0.4 is 5.32 Å². The predicted molar refractivity (Wildman–Crippen MR) is 67.4 cm³/mol. The second kappa shape index (κ2) is 3.59. The molecule has 16 heavy (non-hydrogen) atoms. The first-order chi connectivity index (χ1) is 7.67. The Balaban J connectivity index is 1.82. The van der Waals surface area contributed by atoms with Crippen LogP contribution in [0.4, 0.5) is 0 Å². The predicted octanol–water partition coefficient (Wildman–Crippen LogP) is 3.31. The maximum absolute atomic E-state index is 3.79. The SMILES string of the molecule is CC1(C)Cc2ccccc2C1NCC1CC1. The van der Waals surface area contributed by atoms with Crippen molar-refractivity contribution < 1.29 is 0 Å². The van der Waals surface area contributed by atoms with Crippen molar-refractivity contribution >= 4 is 0 Å². The van der Waals surface area contributed by atoms with Gasteiger partial charge in [-0.15, -0.1) is 0 Å². The van der Waals surface area contributed by atoms with Crippen LogP contribution in [0.5, 0.6) is 0 Å². The van der Waals surface area contributed by atoms with Gasteiger partial charge in [0.1, 0.15) is 0 Å². The van der Waals surface area contributed by atoms with Crippen LogP contribution in [0.1, 0.15) is 43.9 Å². The lowest BCUT2D eigenvalue weighted by Gasteiger charge is -2.28. The molecule has 1 aromatic rings. The molecule has 0 heterocycles. The normalized spacial score (nSPS) is 26.8. The molecule has 1 fully saturated rings. The third-order valence-corrected chi connectivity index (χ3v) is 4.10. The molecule has 3 rings (SSSR count). The molecule has 1 N–H and O–H groups in total. The Morgan fingerprint density at radius 1 is 1.25 bits per heavy atom. The molecule has 0 amide bonds. The molecule has 0 spiro atoms. The van der Waals surface area contributed by atoms with E-state index in [1.54, 1.807) is 5.56 Å². The van der Waals surface area contributed by atoms with Crippen molar-refractivity contribution in [3.8, 4) is 0 Å². The standard InChI is InChI=1S/C15H21N/c1-15(2)9-12-5-3-4-6-13(12)14(15)16-10-11-7-8-11/h3-6,11,14,16H,7-10H2,1-2H3. The lowest BCUT2D eigenvalue weighted by molar-refractivity contribution is 0.267. The van der Waals surface area contributed by atoms with Crippen LogP contribution in [0, 0.1) is 11.3 Å². The van der Waals surface area contributed by atoms with E-state index < -0.39 is 0 Å². The number of benzene rings is 1. The highest BCUT2D eigenvalue weighted by molar-refractivity contribution is 5.37. The van der Waals surface area contributed by atoms with Crippen LogP contribution in [-0.2, 0) is 6.42 Å². The van der Waals surface area contributed by atoms with Gasteiger partial charge in [-0.05, 0) is 48.3 Å². The third-order valence-electron chi connectivity index (χ3n) is 4.10. The summed E-state index contributed by atoms with van der Waals surface area (Å²) in [6, 6.07) is 9.48. The second-order valence-electron chi connectivity index (χ2n) is 6.15. The van der Waals surface area contributed by atoms with Gasteiger partial charge in [-0.25, -0.2) is 0 Å². The fraction of sp³-hybridized carbons (Fsp3) is 0.600. The van der Waals surface area contributed by atoms with E-state index in [4.69, 9.17) is 0 Å². The number of fused-ring (bicyclic) bond motifs is 1. The van der Waals surface area contributed by atoms with E-state index in [1.165, 1.54) is 31.4 Å². The van der Waals surface area contributed by atoms with E-state index in [1.807, 2.05) is 0 Å². The summed E-state index contributed by atoms with van der Waals surface area (Å²) in [4.78, 5) is 0. The minimum absolute atomic E-state index is 0.374. The topological polar surface area (TPSA) is 12.0 Å². The van der Waals surface area contributed by atoms with E-state index in [0.29, 0.717) is 11.5 Å². The Hall–Kier alpha value is -0.820. The first-order valence-electron chi connectivity index (χ1n) is 6.48. The average Bonchev–Trinajstić information content (AvgIpc) is 3.00. The highest BCUT2D eigenvalue weighted by Gasteiger charge is 2.39. The molecule has 2 aliphatic rings. The lowest BCUT2D eigenvalue weighted by Crippen LogP contribution is -2.32. The van der Waals surface area contributed by atoms with Crippen molar-refractivity contribution in [2.75, 3.05) is 6.54 Å². The lowest BCUT2D eigenvalue weighted by atomic mass is 9.85. The van der Waals surface area contributed by atoms with Gasteiger partial charge in [-0.3, -0.25) is 0 Å². The molecular formula is C15H21N. The Morgan fingerprint density at radius 2 is 2.00 bits per heavy atom. The van der Waals surface area contributed by atoms with Crippen molar-refractivity contribution in [1.82, 2.24) is 5.32 Å². The van der Waals surface area contributed by atoms with Crippen molar-refractivity contribution in [3.05, 3.63) is 35.4 Å². The zero-order valence-electron chi connectivity index (χ0n) is 10.3. The van der Waals surface area contributed by atoms with E-state index in [2.05, 4.69) is 43.4 Å². The zero-order valence-corrected chi connectivity index (χ0v) is 10.3. The van der Waals surface area contributed by atoms with Gasteiger partial charge in [0.2, 0.25) is 0 Å². The minimum Gasteiger partial charge on any atom is -0.309 e. The van der Waals surface area contributed by atoms with Gasteiger partial charge < -0.3 is 5.32 Å². The summed E-state index contributed by atoms with van der Waals surface area (Å²) in [5.74, 6) is 0.962. The summed E-state index contributed by atoms with van der Waals surface area (Å²) in [5.41, 5.74) is 3.45. The van der Waals surface area contributed by atoms with E-state index >= 15 is 0 Å². The Kier molecular flexibility index (Phi) is 2.32. The molecular weight excluding hydrogens is 194 g/mol. The number of rotatable bonds is 3. The summed E-state index contributed by atoms with van der Waals surface area (Å²) in [6.07, 6.45) is 4.08.